The fourth-order valence-electron chi connectivity index (χ4n) is 2.00. The highest BCUT2D eigenvalue weighted by Gasteiger charge is 2.25. The van der Waals surface area contributed by atoms with E-state index in [1.165, 1.54) is 0 Å². The predicted molar refractivity (Wildman–Crippen MR) is 80.3 cm³/mol. The highest BCUT2D eigenvalue weighted by atomic mass is 127. The lowest BCUT2D eigenvalue weighted by Crippen LogP contribution is -2.20. The molecule has 0 heterocycles. The number of rotatable bonds is 4. The van der Waals surface area contributed by atoms with E-state index in [0.717, 1.165) is 35.1 Å². The van der Waals surface area contributed by atoms with Gasteiger partial charge >= 0.3 is 0 Å². The van der Waals surface area contributed by atoms with Crippen LogP contribution in [0.15, 0.2) is 12.1 Å². The van der Waals surface area contributed by atoms with Crippen LogP contribution in [0, 0.1) is 0 Å². The van der Waals surface area contributed by atoms with Gasteiger partial charge in [-0.2, -0.15) is 0 Å². The smallest absolute Gasteiger partial charge is 0.172 e. The Bertz CT molecular complexity index is 423. The van der Waals surface area contributed by atoms with Crippen LogP contribution in [0.1, 0.15) is 31.8 Å². The van der Waals surface area contributed by atoms with Gasteiger partial charge in [0, 0.05) is 11.1 Å². The SMILES string of the molecule is O=C(CI)c1ccc(C(=O)CI)c2c1CC2. The molecule has 1 aliphatic rings. The molecule has 0 N–H and O–H groups in total. The number of halogens is 2. The summed E-state index contributed by atoms with van der Waals surface area (Å²) in [6.45, 7) is 0. The summed E-state index contributed by atoms with van der Waals surface area (Å²) < 4.78 is 1.01. The van der Waals surface area contributed by atoms with Gasteiger partial charge in [0.05, 0.1) is 8.86 Å². The summed E-state index contributed by atoms with van der Waals surface area (Å²) in [4.78, 5) is 23.4. The van der Waals surface area contributed by atoms with Crippen LogP contribution in [-0.2, 0) is 12.8 Å². The van der Waals surface area contributed by atoms with Gasteiger partial charge in [0.25, 0.3) is 0 Å². The molecule has 1 aromatic carbocycles. The van der Waals surface area contributed by atoms with Gasteiger partial charge in [-0.25, -0.2) is 0 Å². The molecular formula is C12H10I2O2. The van der Waals surface area contributed by atoms with Crippen LogP contribution < -0.4 is 0 Å². The van der Waals surface area contributed by atoms with Crippen molar-refractivity contribution in [1.82, 2.24) is 0 Å². The molecule has 1 aliphatic carbocycles. The van der Waals surface area contributed by atoms with E-state index in [-0.39, 0.29) is 11.6 Å². The number of Topliss-reactive ketones (excluding diaryl/α,β-unsaturated/α-hetero) is 2. The van der Waals surface area contributed by atoms with Crippen molar-refractivity contribution in [3.05, 3.63) is 34.4 Å². The van der Waals surface area contributed by atoms with Crippen molar-refractivity contribution in [3.63, 3.8) is 0 Å². The number of carbonyl (C=O) groups is 2. The molecule has 4 heteroatoms. The Balaban J connectivity index is 2.46. The molecule has 0 radical (unpaired) electrons. The Labute approximate surface area is 121 Å². The van der Waals surface area contributed by atoms with Crippen LogP contribution in [-0.4, -0.2) is 20.4 Å². The van der Waals surface area contributed by atoms with Crippen molar-refractivity contribution < 1.29 is 9.59 Å². The van der Waals surface area contributed by atoms with Crippen LogP contribution in [0.25, 0.3) is 0 Å². The lowest BCUT2D eigenvalue weighted by Gasteiger charge is -2.24. The summed E-state index contributed by atoms with van der Waals surface area (Å²) in [6, 6.07) is 3.64. The number of ketones is 2. The maximum Gasteiger partial charge on any atom is 0.172 e. The van der Waals surface area contributed by atoms with Gasteiger partial charge < -0.3 is 0 Å². The van der Waals surface area contributed by atoms with Gasteiger partial charge in [-0.3, -0.25) is 9.59 Å². The van der Waals surface area contributed by atoms with E-state index < -0.39 is 0 Å². The van der Waals surface area contributed by atoms with Gasteiger partial charge in [-0.15, -0.1) is 0 Å². The highest BCUT2D eigenvalue weighted by Crippen LogP contribution is 2.31. The van der Waals surface area contributed by atoms with Gasteiger partial charge in [0.1, 0.15) is 0 Å². The quantitative estimate of drug-likeness (QED) is 0.410. The molecule has 0 saturated carbocycles. The molecule has 1 aromatic rings. The predicted octanol–water partition coefficient (Wildman–Crippen LogP) is 3.02. The summed E-state index contributed by atoms with van der Waals surface area (Å²) in [6.07, 6.45) is 1.88. The number of hydrogen-bond acceptors (Lipinski definition) is 2. The van der Waals surface area contributed by atoms with Crippen molar-refractivity contribution in [2.24, 2.45) is 0 Å². The molecule has 0 bridgehead atoms. The molecule has 2 nitrogen and oxygen atoms in total. The molecule has 0 aromatic heterocycles. The Morgan fingerprint density at radius 2 is 1.31 bits per heavy atom. The van der Waals surface area contributed by atoms with Crippen LogP contribution in [0.2, 0.25) is 0 Å². The second-order valence-electron chi connectivity index (χ2n) is 3.73. The van der Waals surface area contributed by atoms with Gasteiger partial charge in [0.15, 0.2) is 11.6 Å². The third kappa shape index (κ3) is 2.05. The second-order valence-corrected chi connectivity index (χ2v) is 5.26. The minimum atomic E-state index is 0.171. The molecule has 16 heavy (non-hydrogen) atoms. The summed E-state index contributed by atoms with van der Waals surface area (Å²) in [5.41, 5.74) is 3.86. The van der Waals surface area contributed by atoms with Crippen molar-refractivity contribution in [2.75, 3.05) is 8.86 Å². The molecule has 0 saturated heterocycles. The van der Waals surface area contributed by atoms with Crippen LogP contribution in [0.4, 0.5) is 0 Å². The molecule has 0 aliphatic heterocycles. The minimum Gasteiger partial charge on any atom is -0.293 e. The third-order valence-electron chi connectivity index (χ3n) is 2.90. The second kappa shape index (κ2) is 5.12. The zero-order valence-corrected chi connectivity index (χ0v) is 12.9. The first-order valence-corrected chi connectivity index (χ1v) is 8.07. The fourth-order valence-corrected chi connectivity index (χ4v) is 2.83. The summed E-state index contributed by atoms with van der Waals surface area (Å²) >= 11 is 4.16. The Hall–Kier alpha value is 0.0200. The monoisotopic (exact) mass is 440 g/mol. The number of hydrogen-bond donors (Lipinski definition) is 0. The van der Waals surface area contributed by atoms with Gasteiger partial charge in [-0.05, 0) is 24.0 Å². The average Bonchev–Trinajstić information content (AvgIpc) is 2.27. The summed E-state index contributed by atoms with van der Waals surface area (Å²) in [5, 5.41) is 0. The molecule has 0 atom stereocenters. The van der Waals surface area contributed by atoms with Crippen molar-refractivity contribution in [1.29, 1.82) is 0 Å². The zero-order chi connectivity index (χ0) is 11.7. The lowest BCUT2D eigenvalue weighted by atomic mass is 9.79. The zero-order valence-electron chi connectivity index (χ0n) is 8.56. The van der Waals surface area contributed by atoms with Crippen molar-refractivity contribution in [3.8, 4) is 0 Å². The maximum atomic E-state index is 11.7. The first-order valence-electron chi connectivity index (χ1n) is 5.02. The average molecular weight is 440 g/mol. The number of fused-ring (bicyclic) bond motifs is 1. The molecule has 0 amide bonds. The number of alkyl halides is 2. The Morgan fingerprint density at radius 1 is 0.938 bits per heavy atom. The largest absolute Gasteiger partial charge is 0.293 e. The van der Waals surface area contributed by atoms with E-state index in [9.17, 15) is 9.59 Å². The van der Waals surface area contributed by atoms with E-state index in [2.05, 4.69) is 45.2 Å². The summed E-state index contributed by atoms with van der Waals surface area (Å²) in [5.74, 6) is 0.343. The Morgan fingerprint density at radius 3 is 1.56 bits per heavy atom. The first kappa shape index (κ1) is 12.5. The molecule has 0 spiro atoms. The van der Waals surface area contributed by atoms with E-state index in [0.29, 0.717) is 8.86 Å². The van der Waals surface area contributed by atoms with Crippen LogP contribution >= 0.6 is 45.2 Å². The van der Waals surface area contributed by atoms with E-state index in [1.807, 2.05) is 12.1 Å². The topological polar surface area (TPSA) is 34.1 Å². The molecular weight excluding hydrogens is 430 g/mol. The third-order valence-corrected chi connectivity index (χ3v) is 4.29. The lowest BCUT2D eigenvalue weighted by molar-refractivity contribution is 0.101. The standard InChI is InChI=1S/C12H10I2O2/c13-5-11(15)9-3-4-10(12(16)6-14)8-2-1-7(8)9/h3-4H,1-2,5-6H2. The molecule has 2 rings (SSSR count). The van der Waals surface area contributed by atoms with Gasteiger partial charge in [-0.1, -0.05) is 57.3 Å². The van der Waals surface area contributed by atoms with E-state index >= 15 is 0 Å². The minimum absolute atomic E-state index is 0.171. The van der Waals surface area contributed by atoms with Crippen molar-refractivity contribution >= 4 is 56.7 Å². The number of carbonyl (C=O) groups excluding carboxylic acids is 2. The summed E-state index contributed by atoms with van der Waals surface area (Å²) in [7, 11) is 0. The van der Waals surface area contributed by atoms with Crippen LogP contribution in [0.3, 0.4) is 0 Å². The molecule has 0 unspecified atom stereocenters. The van der Waals surface area contributed by atoms with E-state index in [1.54, 1.807) is 0 Å². The highest BCUT2D eigenvalue weighted by molar-refractivity contribution is 14.1. The van der Waals surface area contributed by atoms with Crippen LogP contribution in [0.5, 0.6) is 0 Å². The normalized spacial score (nSPS) is 12.9. The van der Waals surface area contributed by atoms with Gasteiger partial charge in [0.2, 0.25) is 0 Å². The molecule has 0 fully saturated rings. The maximum absolute atomic E-state index is 11.7. The first-order chi connectivity index (χ1) is 7.69. The molecule has 84 valence electrons. The van der Waals surface area contributed by atoms with Crippen molar-refractivity contribution in [2.45, 2.75) is 12.8 Å². The Kier molecular flexibility index (Phi) is 3.99. The number of benzene rings is 1. The van der Waals surface area contributed by atoms with E-state index in [4.69, 9.17) is 0 Å². The fraction of sp³-hybridized carbons (Fsp3) is 0.333.